The van der Waals surface area contributed by atoms with Crippen molar-refractivity contribution in [2.24, 2.45) is 5.73 Å². The summed E-state index contributed by atoms with van der Waals surface area (Å²) in [5.74, 6) is -0.610. The molecule has 12 heavy (non-hydrogen) atoms. The third-order valence-corrected chi connectivity index (χ3v) is 1.42. The Kier molecular flexibility index (Phi) is 2.50. The van der Waals surface area contributed by atoms with Crippen LogP contribution in [0.25, 0.3) is 0 Å². The number of nitrogens with two attached hydrogens (primary N) is 1. The van der Waals surface area contributed by atoms with E-state index in [1.54, 1.807) is 0 Å². The molecule has 1 rings (SSSR count). The molecule has 64 valence electrons. The van der Waals surface area contributed by atoms with Crippen LogP contribution in [0.2, 0.25) is 5.02 Å². The molecule has 0 spiro atoms. The molecule has 0 saturated carbocycles. The molecule has 3 nitrogen and oxygen atoms in total. The van der Waals surface area contributed by atoms with E-state index in [0.717, 1.165) is 6.07 Å². The second-order valence-electron chi connectivity index (χ2n) is 2.11. The van der Waals surface area contributed by atoms with Crippen LogP contribution in [0.4, 0.5) is 14.9 Å². The highest BCUT2D eigenvalue weighted by Gasteiger charge is 2.03. The SMILES string of the molecule is NC(=O)Nc1ccc(Cl)cc1F. The summed E-state index contributed by atoms with van der Waals surface area (Å²) in [6.45, 7) is 0. The molecule has 1 aromatic rings. The molecule has 5 heteroatoms. The zero-order valence-electron chi connectivity index (χ0n) is 5.97. The summed E-state index contributed by atoms with van der Waals surface area (Å²) in [5, 5.41) is 2.37. The van der Waals surface area contributed by atoms with E-state index in [0.29, 0.717) is 0 Å². The lowest BCUT2D eigenvalue weighted by molar-refractivity contribution is 0.259. The van der Waals surface area contributed by atoms with Gasteiger partial charge in [0.25, 0.3) is 0 Å². The van der Waals surface area contributed by atoms with Gasteiger partial charge in [-0.2, -0.15) is 0 Å². The minimum atomic E-state index is -0.809. The first-order valence-corrected chi connectivity index (χ1v) is 3.49. The molecule has 0 heterocycles. The van der Waals surface area contributed by atoms with Crippen LogP contribution in [0.15, 0.2) is 18.2 Å². The smallest absolute Gasteiger partial charge is 0.316 e. The van der Waals surface area contributed by atoms with Crippen molar-refractivity contribution in [2.75, 3.05) is 5.32 Å². The van der Waals surface area contributed by atoms with Gasteiger partial charge in [-0.05, 0) is 18.2 Å². The van der Waals surface area contributed by atoms with Crippen LogP contribution in [0.1, 0.15) is 0 Å². The number of urea groups is 1. The van der Waals surface area contributed by atoms with Crippen molar-refractivity contribution in [1.29, 1.82) is 0 Å². The lowest BCUT2D eigenvalue weighted by Gasteiger charge is -2.02. The van der Waals surface area contributed by atoms with Gasteiger partial charge in [0.15, 0.2) is 0 Å². The standard InChI is InChI=1S/C7H6ClFN2O/c8-4-1-2-6(5(9)3-4)11-7(10)12/h1-3H,(H3,10,11,12). The maximum Gasteiger partial charge on any atom is 0.316 e. The normalized spacial score (nSPS) is 9.50. The Bertz CT molecular complexity index is 316. The van der Waals surface area contributed by atoms with Gasteiger partial charge in [-0.15, -0.1) is 0 Å². The quantitative estimate of drug-likeness (QED) is 0.696. The number of primary amides is 1. The van der Waals surface area contributed by atoms with Gasteiger partial charge in [0, 0.05) is 5.02 Å². The molecule has 0 unspecified atom stereocenters. The fourth-order valence-electron chi connectivity index (χ4n) is 0.724. The number of nitrogens with one attached hydrogen (secondary N) is 1. The molecule has 0 aliphatic rings. The second-order valence-corrected chi connectivity index (χ2v) is 2.55. The number of carbonyl (C=O) groups is 1. The minimum absolute atomic E-state index is 0.0203. The van der Waals surface area contributed by atoms with E-state index in [2.05, 4.69) is 5.32 Å². The highest BCUT2D eigenvalue weighted by molar-refractivity contribution is 6.30. The van der Waals surface area contributed by atoms with Crippen molar-refractivity contribution in [2.45, 2.75) is 0 Å². The number of anilines is 1. The maximum atomic E-state index is 12.9. The van der Waals surface area contributed by atoms with Crippen molar-refractivity contribution in [1.82, 2.24) is 0 Å². The predicted molar refractivity (Wildman–Crippen MR) is 44.6 cm³/mol. The highest BCUT2D eigenvalue weighted by atomic mass is 35.5. The van der Waals surface area contributed by atoms with Gasteiger partial charge in [-0.3, -0.25) is 0 Å². The molecule has 0 bridgehead atoms. The van der Waals surface area contributed by atoms with E-state index in [1.165, 1.54) is 12.1 Å². The zero-order valence-corrected chi connectivity index (χ0v) is 6.73. The second kappa shape index (κ2) is 3.40. The molecule has 3 N–H and O–H groups in total. The van der Waals surface area contributed by atoms with E-state index in [4.69, 9.17) is 17.3 Å². The lowest BCUT2D eigenvalue weighted by Crippen LogP contribution is -2.19. The van der Waals surface area contributed by atoms with E-state index in [1.807, 2.05) is 0 Å². The predicted octanol–water partition coefficient (Wildman–Crippen LogP) is 1.97. The van der Waals surface area contributed by atoms with Crippen LogP contribution < -0.4 is 11.1 Å². The van der Waals surface area contributed by atoms with Gasteiger partial charge in [0.1, 0.15) is 5.82 Å². The summed E-state index contributed by atoms with van der Waals surface area (Å²) in [6, 6.07) is 3.07. The molecule has 0 aromatic heterocycles. The molecule has 0 atom stereocenters. The zero-order chi connectivity index (χ0) is 9.14. The number of hydrogen-bond acceptors (Lipinski definition) is 1. The summed E-state index contributed by atoms with van der Waals surface area (Å²) < 4.78 is 12.9. The van der Waals surface area contributed by atoms with Gasteiger partial charge in [0.05, 0.1) is 5.69 Å². The average molecular weight is 189 g/mol. The minimum Gasteiger partial charge on any atom is -0.351 e. The summed E-state index contributed by atoms with van der Waals surface area (Å²) in [7, 11) is 0. The van der Waals surface area contributed by atoms with E-state index < -0.39 is 11.8 Å². The molecule has 1 aromatic carbocycles. The van der Waals surface area contributed by atoms with Gasteiger partial charge in [-0.25, -0.2) is 9.18 Å². The molecule has 2 amide bonds. The Morgan fingerprint density at radius 2 is 2.25 bits per heavy atom. The fourth-order valence-corrected chi connectivity index (χ4v) is 0.882. The number of halogens is 2. The molecule has 0 saturated heterocycles. The largest absolute Gasteiger partial charge is 0.351 e. The molecular formula is C7H6ClFN2O. The number of amides is 2. The molecule has 0 aliphatic heterocycles. The number of rotatable bonds is 1. The monoisotopic (exact) mass is 188 g/mol. The third-order valence-electron chi connectivity index (χ3n) is 1.19. The van der Waals surface area contributed by atoms with Gasteiger partial charge in [0.2, 0.25) is 0 Å². The topological polar surface area (TPSA) is 55.1 Å². The van der Waals surface area contributed by atoms with Gasteiger partial charge >= 0.3 is 6.03 Å². The Morgan fingerprint density at radius 3 is 2.75 bits per heavy atom. The maximum absolute atomic E-state index is 12.9. The van der Waals surface area contributed by atoms with Crippen LogP contribution in [0, 0.1) is 5.82 Å². The third kappa shape index (κ3) is 2.10. The van der Waals surface area contributed by atoms with Gasteiger partial charge < -0.3 is 11.1 Å². The van der Waals surface area contributed by atoms with Crippen LogP contribution in [0.3, 0.4) is 0 Å². The summed E-state index contributed by atoms with van der Waals surface area (Å²) >= 11 is 5.47. The van der Waals surface area contributed by atoms with Crippen molar-refractivity contribution in [3.63, 3.8) is 0 Å². The van der Waals surface area contributed by atoms with Crippen LogP contribution in [-0.4, -0.2) is 6.03 Å². The number of hydrogen-bond donors (Lipinski definition) is 2. The van der Waals surface area contributed by atoms with Crippen molar-refractivity contribution in [3.05, 3.63) is 29.0 Å². The van der Waals surface area contributed by atoms with Crippen molar-refractivity contribution >= 4 is 23.3 Å². The fraction of sp³-hybridized carbons (Fsp3) is 0. The van der Waals surface area contributed by atoms with E-state index in [9.17, 15) is 9.18 Å². The first-order valence-electron chi connectivity index (χ1n) is 3.11. The van der Waals surface area contributed by atoms with Crippen LogP contribution in [0.5, 0.6) is 0 Å². The number of carbonyl (C=O) groups excluding carboxylic acids is 1. The lowest BCUT2D eigenvalue weighted by atomic mass is 10.3. The van der Waals surface area contributed by atoms with Crippen LogP contribution in [-0.2, 0) is 0 Å². The van der Waals surface area contributed by atoms with Crippen molar-refractivity contribution < 1.29 is 9.18 Å². The Hall–Kier alpha value is -1.29. The highest BCUT2D eigenvalue weighted by Crippen LogP contribution is 2.18. The number of benzene rings is 1. The Balaban J connectivity index is 2.93. The summed E-state index contributed by atoms with van der Waals surface area (Å²) in [4.78, 5) is 10.3. The first kappa shape index (κ1) is 8.80. The van der Waals surface area contributed by atoms with Crippen LogP contribution >= 0.6 is 11.6 Å². The Labute approximate surface area is 73.3 Å². The van der Waals surface area contributed by atoms with Gasteiger partial charge in [-0.1, -0.05) is 11.6 Å². The van der Waals surface area contributed by atoms with Crippen molar-refractivity contribution in [3.8, 4) is 0 Å². The first-order chi connectivity index (χ1) is 5.59. The van der Waals surface area contributed by atoms with E-state index in [-0.39, 0.29) is 10.7 Å². The molecule has 0 fully saturated rings. The molecule has 0 radical (unpaired) electrons. The molecule has 0 aliphatic carbocycles. The molecular weight excluding hydrogens is 183 g/mol. The van der Waals surface area contributed by atoms with E-state index >= 15 is 0 Å². The summed E-state index contributed by atoms with van der Waals surface area (Å²) in [6.07, 6.45) is 0. The summed E-state index contributed by atoms with van der Waals surface area (Å²) in [5.41, 5.74) is 4.80. The average Bonchev–Trinajstić information content (AvgIpc) is 1.94. The Morgan fingerprint density at radius 1 is 1.58 bits per heavy atom.